The van der Waals surface area contributed by atoms with E-state index in [4.69, 9.17) is 9.73 Å². The van der Waals surface area contributed by atoms with Crippen LogP contribution in [-0.2, 0) is 4.74 Å². The molecular weight excluding hydrogens is 304 g/mol. The first kappa shape index (κ1) is 14.9. The first-order chi connectivity index (χ1) is 11.4. The van der Waals surface area contributed by atoms with E-state index in [2.05, 4.69) is 65.6 Å². The van der Waals surface area contributed by atoms with Crippen molar-refractivity contribution >= 4 is 16.8 Å². The topological polar surface area (TPSA) is 24.8 Å². The number of hydrogen-bond donors (Lipinski definition) is 0. The lowest BCUT2D eigenvalue weighted by molar-refractivity contribution is 0.0296. The summed E-state index contributed by atoms with van der Waals surface area (Å²) in [6.45, 7) is 3.61. The maximum atomic E-state index is 5.52. The summed E-state index contributed by atoms with van der Waals surface area (Å²) >= 11 is 1.89. The zero-order chi connectivity index (χ0) is 15.5. The summed E-state index contributed by atoms with van der Waals surface area (Å²) in [6.07, 6.45) is 0. The summed E-state index contributed by atoms with van der Waals surface area (Å²) in [5.41, 5.74) is 2.51. The minimum Gasteiger partial charge on any atom is -0.379 e. The van der Waals surface area contributed by atoms with Crippen molar-refractivity contribution in [1.82, 2.24) is 4.90 Å². The number of aliphatic imine (C=N–C) groups is 1. The fourth-order valence-electron chi connectivity index (χ4n) is 3.12. The first-order valence-electron chi connectivity index (χ1n) is 8.08. The van der Waals surface area contributed by atoms with Gasteiger partial charge >= 0.3 is 0 Å². The molecular formula is C19H20N2OS. The maximum Gasteiger partial charge on any atom is 0.101 e. The minimum atomic E-state index is 0.189. The number of morpholine rings is 1. The third-order valence-corrected chi connectivity index (χ3v) is 5.69. The largest absolute Gasteiger partial charge is 0.379 e. The Labute approximate surface area is 141 Å². The predicted molar refractivity (Wildman–Crippen MR) is 95.9 cm³/mol. The van der Waals surface area contributed by atoms with Crippen LogP contribution in [0.15, 0.2) is 65.7 Å². The molecule has 2 aliphatic rings. The van der Waals surface area contributed by atoms with Gasteiger partial charge in [-0.2, -0.15) is 0 Å². The molecule has 1 saturated heterocycles. The van der Waals surface area contributed by atoms with E-state index in [-0.39, 0.29) is 6.04 Å². The van der Waals surface area contributed by atoms with Crippen LogP contribution in [0.4, 0.5) is 0 Å². The summed E-state index contributed by atoms with van der Waals surface area (Å²) < 4.78 is 5.52. The Bertz CT molecular complexity index is 668. The molecule has 0 N–H and O–H groups in total. The second-order valence-corrected chi connectivity index (χ2v) is 6.92. The van der Waals surface area contributed by atoms with Gasteiger partial charge in [0.05, 0.1) is 18.6 Å². The molecule has 0 aromatic heterocycles. The molecule has 3 nitrogen and oxygen atoms in total. The lowest BCUT2D eigenvalue weighted by Crippen LogP contribution is -2.43. The summed E-state index contributed by atoms with van der Waals surface area (Å²) in [4.78, 5) is 7.60. The molecule has 2 atom stereocenters. The third-order valence-electron chi connectivity index (χ3n) is 4.33. The van der Waals surface area contributed by atoms with Crippen LogP contribution in [-0.4, -0.2) is 41.6 Å². The van der Waals surface area contributed by atoms with Gasteiger partial charge in [-0.05, 0) is 5.56 Å². The molecule has 2 aliphatic heterocycles. The molecule has 0 saturated carbocycles. The van der Waals surface area contributed by atoms with E-state index in [9.17, 15) is 0 Å². The molecule has 0 radical (unpaired) electrons. The van der Waals surface area contributed by atoms with Gasteiger partial charge in [-0.3, -0.25) is 9.89 Å². The molecule has 4 heteroatoms. The Hall–Kier alpha value is -1.62. The lowest BCUT2D eigenvalue weighted by atomic mass is 10.1. The average Bonchev–Trinajstić information content (AvgIpc) is 3.09. The number of ether oxygens (including phenoxy) is 1. The Balaban J connectivity index is 1.66. The van der Waals surface area contributed by atoms with E-state index < -0.39 is 0 Å². The predicted octanol–water partition coefficient (Wildman–Crippen LogP) is 3.58. The average molecular weight is 324 g/mol. The Morgan fingerprint density at radius 1 is 0.913 bits per heavy atom. The van der Waals surface area contributed by atoms with Crippen LogP contribution in [0.25, 0.3) is 0 Å². The fourth-order valence-corrected chi connectivity index (χ4v) is 4.50. The quantitative estimate of drug-likeness (QED) is 0.863. The van der Waals surface area contributed by atoms with Gasteiger partial charge < -0.3 is 4.74 Å². The van der Waals surface area contributed by atoms with Crippen LogP contribution >= 0.6 is 11.8 Å². The highest BCUT2D eigenvalue weighted by molar-refractivity contribution is 8.15. The standard InChI is InChI=1S/C19H20N2OS/c1-3-7-15(8-4-1)17-19(21-11-13-22-14-12-21)23-18(20-17)16-9-5-2-6-10-16/h1-10,17,19H,11-14H2/t17-,19+/m0/s1. The van der Waals surface area contributed by atoms with Crippen molar-refractivity contribution in [3.63, 3.8) is 0 Å². The highest BCUT2D eigenvalue weighted by atomic mass is 32.2. The lowest BCUT2D eigenvalue weighted by Gasteiger charge is -2.34. The molecule has 0 spiro atoms. The molecule has 2 aromatic carbocycles. The number of thioether (sulfide) groups is 1. The van der Waals surface area contributed by atoms with E-state index in [1.54, 1.807) is 0 Å². The maximum absolute atomic E-state index is 5.52. The van der Waals surface area contributed by atoms with Crippen molar-refractivity contribution in [3.8, 4) is 0 Å². The molecule has 23 heavy (non-hydrogen) atoms. The van der Waals surface area contributed by atoms with E-state index in [0.717, 1.165) is 31.3 Å². The van der Waals surface area contributed by atoms with E-state index >= 15 is 0 Å². The van der Waals surface area contributed by atoms with E-state index in [1.807, 2.05) is 11.8 Å². The van der Waals surface area contributed by atoms with Crippen molar-refractivity contribution in [2.45, 2.75) is 11.4 Å². The van der Waals surface area contributed by atoms with Crippen molar-refractivity contribution < 1.29 is 4.74 Å². The normalized spacial score (nSPS) is 25.3. The first-order valence-corrected chi connectivity index (χ1v) is 8.96. The molecule has 1 fully saturated rings. The van der Waals surface area contributed by atoms with Gasteiger partial charge in [-0.1, -0.05) is 72.4 Å². The molecule has 4 rings (SSSR count). The van der Waals surface area contributed by atoms with Crippen molar-refractivity contribution in [2.75, 3.05) is 26.3 Å². The Morgan fingerprint density at radius 3 is 2.26 bits per heavy atom. The van der Waals surface area contributed by atoms with Crippen LogP contribution in [0.1, 0.15) is 17.2 Å². The highest BCUT2D eigenvalue weighted by Gasteiger charge is 2.36. The van der Waals surface area contributed by atoms with Crippen LogP contribution in [0.5, 0.6) is 0 Å². The van der Waals surface area contributed by atoms with Crippen molar-refractivity contribution in [3.05, 3.63) is 71.8 Å². The molecule has 2 heterocycles. The van der Waals surface area contributed by atoms with Crippen LogP contribution in [0, 0.1) is 0 Å². The Morgan fingerprint density at radius 2 is 1.57 bits per heavy atom. The van der Waals surface area contributed by atoms with Crippen LogP contribution in [0.2, 0.25) is 0 Å². The van der Waals surface area contributed by atoms with E-state index in [0.29, 0.717) is 5.37 Å². The molecule has 118 valence electrons. The fraction of sp³-hybridized carbons (Fsp3) is 0.316. The van der Waals surface area contributed by atoms with Crippen molar-refractivity contribution in [1.29, 1.82) is 0 Å². The van der Waals surface area contributed by atoms with Gasteiger partial charge in [0.25, 0.3) is 0 Å². The van der Waals surface area contributed by atoms with Gasteiger partial charge in [-0.15, -0.1) is 0 Å². The van der Waals surface area contributed by atoms with Crippen LogP contribution in [0.3, 0.4) is 0 Å². The molecule has 2 aromatic rings. The summed E-state index contributed by atoms with van der Waals surface area (Å²) in [5, 5.41) is 1.51. The summed E-state index contributed by atoms with van der Waals surface area (Å²) in [7, 11) is 0. The second-order valence-electron chi connectivity index (χ2n) is 5.81. The van der Waals surface area contributed by atoms with Gasteiger partial charge in [0, 0.05) is 18.7 Å². The monoisotopic (exact) mass is 324 g/mol. The smallest absolute Gasteiger partial charge is 0.101 e. The summed E-state index contributed by atoms with van der Waals surface area (Å²) in [6, 6.07) is 21.4. The number of rotatable bonds is 3. The molecule has 0 amide bonds. The number of benzene rings is 2. The highest BCUT2D eigenvalue weighted by Crippen LogP contribution is 2.41. The van der Waals surface area contributed by atoms with Gasteiger partial charge in [0.1, 0.15) is 11.1 Å². The SMILES string of the molecule is c1ccc(C2=N[C@@H](c3ccccc3)[C@H](N3CCOCC3)S2)cc1. The molecule has 0 unspecified atom stereocenters. The third kappa shape index (κ3) is 3.20. The summed E-state index contributed by atoms with van der Waals surface area (Å²) in [5.74, 6) is 0. The van der Waals surface area contributed by atoms with Crippen molar-refractivity contribution in [2.24, 2.45) is 4.99 Å². The molecule has 0 aliphatic carbocycles. The van der Waals surface area contributed by atoms with Gasteiger partial charge in [0.15, 0.2) is 0 Å². The minimum absolute atomic E-state index is 0.189. The van der Waals surface area contributed by atoms with Gasteiger partial charge in [0.2, 0.25) is 0 Å². The second kappa shape index (κ2) is 6.87. The zero-order valence-corrected chi connectivity index (χ0v) is 13.8. The van der Waals surface area contributed by atoms with Crippen LogP contribution < -0.4 is 0 Å². The molecule has 0 bridgehead atoms. The zero-order valence-electron chi connectivity index (χ0n) is 13.0. The van der Waals surface area contributed by atoms with Gasteiger partial charge in [-0.25, -0.2) is 0 Å². The Kier molecular flexibility index (Phi) is 4.46. The van der Waals surface area contributed by atoms with E-state index in [1.165, 1.54) is 11.1 Å². The number of nitrogens with zero attached hydrogens (tertiary/aromatic N) is 2. The number of hydrogen-bond acceptors (Lipinski definition) is 4.